The van der Waals surface area contributed by atoms with Crippen LogP contribution in [0.25, 0.3) is 0 Å². The van der Waals surface area contributed by atoms with Crippen LogP contribution in [0.4, 0.5) is 0 Å². The van der Waals surface area contributed by atoms with Crippen LogP contribution in [0.1, 0.15) is 39.5 Å². The predicted molar refractivity (Wildman–Crippen MR) is 73.5 cm³/mol. The van der Waals surface area contributed by atoms with Crippen LogP contribution in [-0.2, 0) is 4.79 Å². The Bertz CT molecular complexity index is 268. The normalized spacial score (nSPS) is 28.2. The van der Waals surface area contributed by atoms with Gasteiger partial charge in [-0.15, -0.1) is 0 Å². The van der Waals surface area contributed by atoms with Crippen molar-refractivity contribution in [1.29, 1.82) is 0 Å². The summed E-state index contributed by atoms with van der Waals surface area (Å²) in [7, 11) is 0. The average molecular weight is 253 g/mol. The first-order valence-corrected chi connectivity index (χ1v) is 7.42. The third-order valence-electron chi connectivity index (χ3n) is 4.39. The van der Waals surface area contributed by atoms with E-state index < -0.39 is 0 Å². The molecule has 0 radical (unpaired) electrons. The first kappa shape index (κ1) is 13.8. The van der Waals surface area contributed by atoms with E-state index in [9.17, 15) is 4.79 Å². The number of carbonyl (C=O) groups is 1. The number of carbonyl (C=O) groups excluding carboxylic acids is 1. The lowest BCUT2D eigenvalue weighted by atomic mass is 9.98. The van der Waals surface area contributed by atoms with Gasteiger partial charge < -0.3 is 10.6 Å². The van der Waals surface area contributed by atoms with E-state index in [0.29, 0.717) is 6.04 Å². The molecule has 2 aliphatic heterocycles. The molecule has 2 aliphatic rings. The van der Waals surface area contributed by atoms with Crippen molar-refractivity contribution in [3.05, 3.63) is 0 Å². The van der Waals surface area contributed by atoms with Crippen molar-refractivity contribution in [3.63, 3.8) is 0 Å². The first-order valence-electron chi connectivity index (χ1n) is 7.42. The minimum atomic E-state index is 0.0542. The van der Waals surface area contributed by atoms with E-state index in [-0.39, 0.29) is 11.9 Å². The zero-order valence-corrected chi connectivity index (χ0v) is 11.7. The summed E-state index contributed by atoms with van der Waals surface area (Å²) in [6, 6.07) is 0.515. The quantitative estimate of drug-likeness (QED) is 0.785. The lowest BCUT2D eigenvalue weighted by Gasteiger charge is -2.35. The Morgan fingerprint density at radius 3 is 2.72 bits per heavy atom. The van der Waals surface area contributed by atoms with Crippen LogP contribution in [0.2, 0.25) is 0 Å². The molecule has 0 aromatic carbocycles. The van der Waals surface area contributed by atoms with Gasteiger partial charge in [0, 0.05) is 12.6 Å². The third-order valence-corrected chi connectivity index (χ3v) is 4.39. The summed E-state index contributed by atoms with van der Waals surface area (Å²) in [5.74, 6) is 1.05. The highest BCUT2D eigenvalue weighted by Crippen LogP contribution is 2.17. The van der Waals surface area contributed by atoms with Crippen LogP contribution in [0.5, 0.6) is 0 Å². The van der Waals surface area contributed by atoms with Crippen molar-refractivity contribution in [3.8, 4) is 0 Å². The van der Waals surface area contributed by atoms with Crippen molar-refractivity contribution in [2.24, 2.45) is 5.92 Å². The molecule has 0 spiro atoms. The summed E-state index contributed by atoms with van der Waals surface area (Å²) in [5.41, 5.74) is 0. The first-order chi connectivity index (χ1) is 8.66. The van der Waals surface area contributed by atoms with Gasteiger partial charge in [0.1, 0.15) is 0 Å². The summed E-state index contributed by atoms with van der Waals surface area (Å²) in [6.45, 7) is 8.68. The Morgan fingerprint density at radius 1 is 1.39 bits per heavy atom. The average Bonchev–Trinajstić information content (AvgIpc) is 2.90. The number of piperidine rings is 1. The van der Waals surface area contributed by atoms with Crippen molar-refractivity contribution in [1.82, 2.24) is 15.5 Å². The van der Waals surface area contributed by atoms with E-state index >= 15 is 0 Å². The molecule has 0 aromatic rings. The van der Waals surface area contributed by atoms with Crippen LogP contribution in [-0.4, -0.2) is 49.1 Å². The standard InChI is InChI=1S/C14H27N3O/c1-11-5-8-17(9-6-11)12(2)10-16-14(18)13-4-3-7-15-13/h11-13,15H,3-10H2,1-2H3,(H,16,18). The number of nitrogens with one attached hydrogen (secondary N) is 2. The smallest absolute Gasteiger partial charge is 0.237 e. The van der Waals surface area contributed by atoms with Crippen LogP contribution < -0.4 is 10.6 Å². The van der Waals surface area contributed by atoms with Gasteiger partial charge in [-0.2, -0.15) is 0 Å². The summed E-state index contributed by atoms with van der Waals surface area (Å²) >= 11 is 0. The monoisotopic (exact) mass is 253 g/mol. The maximum atomic E-state index is 11.9. The zero-order chi connectivity index (χ0) is 13.0. The highest BCUT2D eigenvalue weighted by molar-refractivity contribution is 5.82. The number of hydrogen-bond donors (Lipinski definition) is 2. The van der Waals surface area contributed by atoms with Gasteiger partial charge in [0.05, 0.1) is 6.04 Å². The number of hydrogen-bond acceptors (Lipinski definition) is 3. The predicted octanol–water partition coefficient (Wildman–Crippen LogP) is 0.975. The molecule has 2 rings (SSSR count). The van der Waals surface area contributed by atoms with Crippen molar-refractivity contribution < 1.29 is 4.79 Å². The van der Waals surface area contributed by atoms with Gasteiger partial charge in [-0.3, -0.25) is 9.69 Å². The second-order valence-corrected chi connectivity index (χ2v) is 5.96. The van der Waals surface area contributed by atoms with Crippen LogP contribution in [0, 0.1) is 5.92 Å². The SMILES string of the molecule is CC1CCN(C(C)CNC(=O)C2CCCN2)CC1. The molecule has 2 N–H and O–H groups in total. The molecule has 2 fully saturated rings. The van der Waals surface area contributed by atoms with E-state index in [1.807, 2.05) is 0 Å². The Balaban J connectivity index is 1.67. The highest BCUT2D eigenvalue weighted by Gasteiger charge is 2.24. The molecule has 4 heteroatoms. The molecule has 2 saturated heterocycles. The van der Waals surface area contributed by atoms with E-state index in [2.05, 4.69) is 29.4 Å². The maximum absolute atomic E-state index is 11.9. The molecule has 2 atom stereocenters. The molecule has 0 aromatic heterocycles. The molecule has 18 heavy (non-hydrogen) atoms. The van der Waals surface area contributed by atoms with E-state index in [4.69, 9.17) is 0 Å². The Hall–Kier alpha value is -0.610. The third kappa shape index (κ3) is 3.69. The number of rotatable bonds is 4. The number of nitrogens with zero attached hydrogens (tertiary/aromatic N) is 1. The molecule has 2 unspecified atom stereocenters. The largest absolute Gasteiger partial charge is 0.353 e. The summed E-state index contributed by atoms with van der Waals surface area (Å²) < 4.78 is 0. The van der Waals surface area contributed by atoms with Gasteiger partial charge in [-0.25, -0.2) is 0 Å². The molecule has 0 bridgehead atoms. The highest BCUT2D eigenvalue weighted by atomic mass is 16.2. The molecule has 0 aliphatic carbocycles. The van der Waals surface area contributed by atoms with Gasteiger partial charge in [0.15, 0.2) is 0 Å². The fraction of sp³-hybridized carbons (Fsp3) is 0.929. The molecular formula is C14H27N3O. The molecule has 0 saturated carbocycles. The maximum Gasteiger partial charge on any atom is 0.237 e. The lowest BCUT2D eigenvalue weighted by molar-refractivity contribution is -0.123. The second-order valence-electron chi connectivity index (χ2n) is 5.96. The Morgan fingerprint density at radius 2 is 2.11 bits per heavy atom. The molecular weight excluding hydrogens is 226 g/mol. The van der Waals surface area contributed by atoms with Gasteiger partial charge in [0.2, 0.25) is 5.91 Å². The van der Waals surface area contributed by atoms with Gasteiger partial charge in [-0.1, -0.05) is 6.92 Å². The molecule has 4 nitrogen and oxygen atoms in total. The van der Waals surface area contributed by atoms with Crippen molar-refractivity contribution >= 4 is 5.91 Å². The van der Waals surface area contributed by atoms with Crippen LogP contribution in [0.3, 0.4) is 0 Å². The van der Waals surface area contributed by atoms with Crippen LogP contribution in [0.15, 0.2) is 0 Å². The minimum Gasteiger partial charge on any atom is -0.353 e. The molecule has 2 heterocycles. The topological polar surface area (TPSA) is 44.4 Å². The fourth-order valence-corrected chi connectivity index (χ4v) is 2.88. The minimum absolute atomic E-state index is 0.0542. The molecule has 1 amide bonds. The fourth-order valence-electron chi connectivity index (χ4n) is 2.88. The van der Waals surface area contributed by atoms with E-state index in [1.54, 1.807) is 0 Å². The zero-order valence-electron chi connectivity index (χ0n) is 11.7. The number of amides is 1. The van der Waals surface area contributed by atoms with Gasteiger partial charge >= 0.3 is 0 Å². The van der Waals surface area contributed by atoms with E-state index in [1.165, 1.54) is 25.9 Å². The summed E-state index contributed by atoms with van der Waals surface area (Å²) in [5, 5.41) is 6.33. The lowest BCUT2D eigenvalue weighted by Crippen LogP contribution is -2.48. The van der Waals surface area contributed by atoms with Gasteiger partial charge in [0.25, 0.3) is 0 Å². The Kier molecular flexibility index (Phi) is 5.01. The summed E-state index contributed by atoms with van der Waals surface area (Å²) in [4.78, 5) is 14.4. The Labute approximate surface area is 110 Å². The summed E-state index contributed by atoms with van der Waals surface area (Å²) in [6.07, 6.45) is 4.70. The van der Waals surface area contributed by atoms with Crippen molar-refractivity contribution in [2.45, 2.75) is 51.6 Å². The number of likely N-dealkylation sites (tertiary alicyclic amines) is 1. The van der Waals surface area contributed by atoms with Crippen molar-refractivity contribution in [2.75, 3.05) is 26.2 Å². The van der Waals surface area contributed by atoms with E-state index in [0.717, 1.165) is 31.8 Å². The van der Waals surface area contributed by atoms with Gasteiger partial charge in [-0.05, 0) is 58.2 Å². The second kappa shape index (κ2) is 6.53. The molecule has 104 valence electrons. The van der Waals surface area contributed by atoms with Crippen LogP contribution >= 0.6 is 0 Å².